The highest BCUT2D eigenvalue weighted by atomic mass is 32.2. The largest absolute Gasteiger partial charge is 0.463 e. The van der Waals surface area contributed by atoms with Crippen LogP contribution in [0.4, 0.5) is 0 Å². The average Bonchev–Trinajstić information content (AvgIpc) is 3.31. The van der Waals surface area contributed by atoms with E-state index in [1.807, 2.05) is 25.1 Å². The van der Waals surface area contributed by atoms with Gasteiger partial charge in [0.2, 0.25) is 5.91 Å². The van der Waals surface area contributed by atoms with Gasteiger partial charge >= 0.3 is 0 Å². The number of hydrogen-bond acceptors (Lipinski definition) is 5. The average molecular weight is 377 g/mol. The zero-order valence-corrected chi connectivity index (χ0v) is 15.7. The topological polar surface area (TPSA) is 58.2 Å². The van der Waals surface area contributed by atoms with E-state index in [0.29, 0.717) is 17.5 Å². The Morgan fingerprint density at radius 1 is 1.15 bits per heavy atom. The van der Waals surface area contributed by atoms with Crippen molar-refractivity contribution in [3.63, 3.8) is 0 Å². The number of amides is 1. The molecule has 1 saturated heterocycles. The van der Waals surface area contributed by atoms with Gasteiger partial charge in [0.15, 0.2) is 5.17 Å². The molecule has 0 spiro atoms. The summed E-state index contributed by atoms with van der Waals surface area (Å²) in [5.74, 6) is 0.712. The minimum absolute atomic E-state index is 0.0855. The number of carbonyl (C=O) groups excluding carboxylic acids is 1. The molecule has 0 unspecified atom stereocenters. The Labute approximate surface area is 161 Å². The third-order valence-corrected chi connectivity index (χ3v) is 5.80. The molecule has 1 aliphatic heterocycles. The number of carbonyl (C=O) groups is 1. The lowest BCUT2D eigenvalue weighted by molar-refractivity contribution is -0.126. The molecule has 1 aromatic heterocycles. The molecule has 1 amide bonds. The summed E-state index contributed by atoms with van der Waals surface area (Å²) in [4.78, 5) is 14.6. The lowest BCUT2D eigenvalue weighted by Crippen LogP contribution is -2.31. The van der Waals surface area contributed by atoms with Crippen molar-refractivity contribution in [3.05, 3.63) is 72.2 Å². The number of benzene rings is 2. The Morgan fingerprint density at radius 2 is 2.00 bits per heavy atom. The van der Waals surface area contributed by atoms with Crippen molar-refractivity contribution in [1.29, 1.82) is 0 Å². The van der Waals surface area contributed by atoms with Crippen LogP contribution in [0.1, 0.15) is 24.7 Å². The second kappa shape index (κ2) is 7.80. The molecule has 0 N–H and O–H groups in total. The normalized spacial score (nSPS) is 19.0. The highest BCUT2D eigenvalue weighted by Gasteiger charge is 2.37. The van der Waals surface area contributed by atoms with Crippen molar-refractivity contribution in [3.8, 4) is 0 Å². The van der Waals surface area contributed by atoms with Crippen LogP contribution in [0.2, 0.25) is 0 Å². The molecule has 136 valence electrons. The Morgan fingerprint density at radius 3 is 2.81 bits per heavy atom. The van der Waals surface area contributed by atoms with E-state index < -0.39 is 0 Å². The van der Waals surface area contributed by atoms with E-state index in [1.165, 1.54) is 11.8 Å². The quantitative estimate of drug-likeness (QED) is 0.479. The maximum Gasteiger partial charge on any atom is 0.242 e. The van der Waals surface area contributed by atoms with Crippen LogP contribution < -0.4 is 0 Å². The molecular weight excluding hydrogens is 358 g/mol. The number of rotatable bonds is 5. The fourth-order valence-electron chi connectivity index (χ4n) is 3.09. The standard InChI is InChI=1S/C21H19N3O2S/c1-2-19-20(25)24(21(27-19)23-22-13-17-10-6-12-26-17)14-16-9-5-8-15-7-3-4-11-18(15)16/h3-13,19H,2,14H2,1H3/b22-13-,23-21+/t19-/m1/s1. The van der Waals surface area contributed by atoms with Gasteiger partial charge < -0.3 is 4.42 Å². The molecule has 1 fully saturated rings. The van der Waals surface area contributed by atoms with Crippen molar-refractivity contribution in [2.75, 3.05) is 0 Å². The van der Waals surface area contributed by atoms with Crippen molar-refractivity contribution < 1.29 is 9.21 Å². The van der Waals surface area contributed by atoms with E-state index >= 15 is 0 Å². The number of furan rings is 1. The lowest BCUT2D eigenvalue weighted by Gasteiger charge is -2.17. The van der Waals surface area contributed by atoms with Crippen LogP contribution in [0.25, 0.3) is 10.8 Å². The van der Waals surface area contributed by atoms with E-state index in [4.69, 9.17) is 4.42 Å². The Kier molecular flexibility index (Phi) is 5.07. The third kappa shape index (κ3) is 3.66. The highest BCUT2D eigenvalue weighted by molar-refractivity contribution is 8.15. The van der Waals surface area contributed by atoms with E-state index in [2.05, 4.69) is 34.5 Å². The molecule has 1 aliphatic rings. The molecule has 0 radical (unpaired) electrons. The first-order chi connectivity index (χ1) is 13.3. The second-order valence-corrected chi connectivity index (χ2v) is 7.39. The SMILES string of the molecule is CC[C@H]1S/C(=N/N=C\c2ccco2)N(Cc2cccc3ccccc23)C1=O. The Hall–Kier alpha value is -2.86. The number of amidine groups is 1. The first-order valence-corrected chi connectivity index (χ1v) is 9.73. The molecule has 2 aromatic carbocycles. The Bertz CT molecular complexity index is 1010. The number of thioether (sulfide) groups is 1. The number of fused-ring (bicyclic) bond motifs is 1. The van der Waals surface area contributed by atoms with Gasteiger partial charge in [0.05, 0.1) is 24.3 Å². The number of hydrogen-bond donors (Lipinski definition) is 0. The minimum Gasteiger partial charge on any atom is -0.463 e. The first kappa shape index (κ1) is 17.5. The van der Waals surface area contributed by atoms with Crippen LogP contribution in [0.15, 0.2) is 75.5 Å². The van der Waals surface area contributed by atoms with Gasteiger partial charge in [-0.2, -0.15) is 5.10 Å². The van der Waals surface area contributed by atoms with Gasteiger partial charge in [-0.05, 0) is 34.9 Å². The predicted molar refractivity (Wildman–Crippen MR) is 110 cm³/mol. The van der Waals surface area contributed by atoms with Crippen molar-refractivity contribution in [2.24, 2.45) is 10.2 Å². The maximum atomic E-state index is 12.8. The van der Waals surface area contributed by atoms with Crippen molar-refractivity contribution >= 4 is 39.8 Å². The van der Waals surface area contributed by atoms with Crippen molar-refractivity contribution in [1.82, 2.24) is 4.90 Å². The fourth-order valence-corrected chi connectivity index (χ4v) is 4.12. The minimum atomic E-state index is -0.113. The molecule has 1 atom stereocenters. The Balaban J connectivity index is 1.64. The molecule has 6 heteroatoms. The molecule has 2 heterocycles. The summed E-state index contributed by atoms with van der Waals surface area (Å²) in [5.41, 5.74) is 1.10. The van der Waals surface area contributed by atoms with E-state index in [0.717, 1.165) is 22.8 Å². The van der Waals surface area contributed by atoms with Gasteiger partial charge in [-0.15, -0.1) is 5.10 Å². The smallest absolute Gasteiger partial charge is 0.242 e. The van der Waals surface area contributed by atoms with Crippen LogP contribution in [-0.4, -0.2) is 27.4 Å². The molecule has 0 aliphatic carbocycles. The summed E-state index contributed by atoms with van der Waals surface area (Å²) >= 11 is 1.47. The van der Waals surface area contributed by atoms with Gasteiger partial charge in [-0.3, -0.25) is 9.69 Å². The van der Waals surface area contributed by atoms with E-state index in [-0.39, 0.29) is 11.2 Å². The van der Waals surface area contributed by atoms with Crippen molar-refractivity contribution in [2.45, 2.75) is 25.1 Å². The predicted octanol–water partition coefficient (Wildman–Crippen LogP) is 4.68. The van der Waals surface area contributed by atoms with Crippen LogP contribution in [-0.2, 0) is 11.3 Å². The lowest BCUT2D eigenvalue weighted by atomic mass is 10.0. The van der Waals surface area contributed by atoms with Crippen LogP contribution in [0.3, 0.4) is 0 Å². The summed E-state index contributed by atoms with van der Waals surface area (Å²) in [5, 5.41) is 11.2. The van der Waals surface area contributed by atoms with Gasteiger partial charge in [0.25, 0.3) is 0 Å². The zero-order valence-electron chi connectivity index (χ0n) is 14.9. The third-order valence-electron chi connectivity index (χ3n) is 4.47. The second-order valence-electron chi connectivity index (χ2n) is 6.22. The molecule has 4 rings (SSSR count). The molecule has 0 bridgehead atoms. The van der Waals surface area contributed by atoms with Gasteiger partial charge in [0, 0.05) is 0 Å². The molecule has 0 saturated carbocycles. The zero-order chi connectivity index (χ0) is 18.6. The summed E-state index contributed by atoms with van der Waals surface area (Å²) < 4.78 is 5.23. The van der Waals surface area contributed by atoms with Gasteiger partial charge in [0.1, 0.15) is 5.76 Å². The van der Waals surface area contributed by atoms with E-state index in [9.17, 15) is 4.79 Å². The molecule has 27 heavy (non-hydrogen) atoms. The van der Waals surface area contributed by atoms with Crippen LogP contribution >= 0.6 is 11.8 Å². The van der Waals surface area contributed by atoms with Crippen LogP contribution in [0.5, 0.6) is 0 Å². The van der Waals surface area contributed by atoms with Crippen LogP contribution in [0, 0.1) is 0 Å². The summed E-state index contributed by atoms with van der Waals surface area (Å²) in [6, 6.07) is 18.0. The molecule has 5 nitrogen and oxygen atoms in total. The van der Waals surface area contributed by atoms with Gasteiger partial charge in [-0.1, -0.05) is 61.2 Å². The highest BCUT2D eigenvalue weighted by Crippen LogP contribution is 2.32. The number of nitrogens with zero attached hydrogens (tertiary/aromatic N) is 3. The molecular formula is C21H19N3O2S. The molecule has 3 aromatic rings. The summed E-state index contributed by atoms with van der Waals surface area (Å²) in [6.07, 6.45) is 3.89. The summed E-state index contributed by atoms with van der Waals surface area (Å²) in [6.45, 7) is 2.50. The van der Waals surface area contributed by atoms with Gasteiger partial charge in [-0.25, -0.2) is 0 Å². The summed E-state index contributed by atoms with van der Waals surface area (Å²) in [7, 11) is 0. The van der Waals surface area contributed by atoms with E-state index in [1.54, 1.807) is 29.5 Å². The maximum absolute atomic E-state index is 12.8. The first-order valence-electron chi connectivity index (χ1n) is 8.85. The monoisotopic (exact) mass is 377 g/mol. The fraction of sp³-hybridized carbons (Fsp3) is 0.190.